The molecular weight excluding hydrogens is 291 g/mol. The lowest BCUT2D eigenvalue weighted by molar-refractivity contribution is 0.102. The minimum absolute atomic E-state index is 0.418. The van der Waals surface area contributed by atoms with Crippen LogP contribution in [-0.2, 0) is 6.54 Å². The van der Waals surface area contributed by atoms with Crippen LogP contribution in [0.25, 0.3) is 10.9 Å². The maximum absolute atomic E-state index is 15.0. The van der Waals surface area contributed by atoms with Crippen molar-refractivity contribution in [2.45, 2.75) is 25.1 Å². The number of anilines is 1. The Balaban J connectivity index is 1.67. The van der Waals surface area contributed by atoms with Gasteiger partial charge in [-0.2, -0.15) is 0 Å². The minimum Gasteiger partial charge on any atom is -0.344 e. The molecule has 5 heteroatoms. The summed E-state index contributed by atoms with van der Waals surface area (Å²) in [5.41, 5.74) is 1.12. The fraction of sp³-hybridized carbons (Fsp3) is 0.444. The number of alkyl halides is 1. The van der Waals surface area contributed by atoms with Gasteiger partial charge in [-0.1, -0.05) is 12.1 Å². The Morgan fingerprint density at radius 3 is 2.96 bits per heavy atom. The van der Waals surface area contributed by atoms with Gasteiger partial charge in [-0.05, 0) is 37.6 Å². The Morgan fingerprint density at radius 1 is 1.22 bits per heavy atom. The Kier molecular flexibility index (Phi) is 3.83. The maximum atomic E-state index is 15.0. The van der Waals surface area contributed by atoms with Crippen molar-refractivity contribution in [1.82, 2.24) is 15.2 Å². The zero-order chi connectivity index (χ0) is 15.7. The minimum atomic E-state index is -1.15. The molecule has 1 aromatic heterocycles. The van der Waals surface area contributed by atoms with Crippen LogP contribution in [0.5, 0.6) is 0 Å². The van der Waals surface area contributed by atoms with Crippen LogP contribution in [0.3, 0.4) is 0 Å². The Labute approximate surface area is 136 Å². The molecule has 1 fully saturated rings. The van der Waals surface area contributed by atoms with E-state index in [-0.39, 0.29) is 0 Å². The standard InChI is InChI=1S/C18H23FN4/c19-18(7-2-8-20-12-18)13-22-11-6-15-16(22)4-1-5-17(15)23-10-3-9-21-14-23/h1,3-6,10-11,20-21H,2,7-9,12-14H2. The van der Waals surface area contributed by atoms with Gasteiger partial charge in [-0.3, -0.25) is 5.32 Å². The number of halogens is 1. The van der Waals surface area contributed by atoms with Crippen molar-refractivity contribution in [1.29, 1.82) is 0 Å². The highest BCUT2D eigenvalue weighted by Crippen LogP contribution is 2.31. The van der Waals surface area contributed by atoms with Crippen LogP contribution in [0.2, 0.25) is 0 Å². The second-order valence-corrected chi connectivity index (χ2v) is 6.55. The summed E-state index contributed by atoms with van der Waals surface area (Å²) < 4.78 is 17.1. The topological polar surface area (TPSA) is 32.2 Å². The first-order valence-corrected chi connectivity index (χ1v) is 8.37. The molecule has 122 valence electrons. The molecule has 3 heterocycles. The van der Waals surface area contributed by atoms with E-state index in [2.05, 4.69) is 56.6 Å². The second-order valence-electron chi connectivity index (χ2n) is 6.55. The average molecular weight is 314 g/mol. The van der Waals surface area contributed by atoms with Gasteiger partial charge in [0.15, 0.2) is 0 Å². The van der Waals surface area contributed by atoms with Crippen LogP contribution in [-0.4, -0.2) is 36.5 Å². The van der Waals surface area contributed by atoms with Crippen molar-refractivity contribution in [2.24, 2.45) is 0 Å². The average Bonchev–Trinajstić information content (AvgIpc) is 2.99. The van der Waals surface area contributed by atoms with Gasteiger partial charge in [-0.25, -0.2) is 4.39 Å². The van der Waals surface area contributed by atoms with Crippen LogP contribution in [0.15, 0.2) is 42.7 Å². The van der Waals surface area contributed by atoms with E-state index in [0.29, 0.717) is 19.5 Å². The highest BCUT2D eigenvalue weighted by molar-refractivity contribution is 5.93. The van der Waals surface area contributed by atoms with Crippen LogP contribution < -0.4 is 15.5 Å². The Hall–Kier alpha value is -1.85. The van der Waals surface area contributed by atoms with Crippen LogP contribution in [0.1, 0.15) is 12.8 Å². The molecule has 2 aromatic rings. The molecule has 4 nitrogen and oxygen atoms in total. The van der Waals surface area contributed by atoms with E-state index in [0.717, 1.165) is 31.7 Å². The molecular formula is C18H23FN4. The fourth-order valence-electron chi connectivity index (χ4n) is 3.63. The van der Waals surface area contributed by atoms with Gasteiger partial charge < -0.3 is 14.8 Å². The van der Waals surface area contributed by atoms with E-state index in [1.807, 2.05) is 6.20 Å². The number of fused-ring (bicyclic) bond motifs is 1. The number of nitrogens with one attached hydrogen (secondary N) is 2. The van der Waals surface area contributed by atoms with Crippen LogP contribution >= 0.6 is 0 Å². The summed E-state index contributed by atoms with van der Waals surface area (Å²) in [4.78, 5) is 2.20. The fourth-order valence-corrected chi connectivity index (χ4v) is 3.63. The predicted molar refractivity (Wildman–Crippen MR) is 92.4 cm³/mol. The lowest BCUT2D eigenvalue weighted by Crippen LogP contribution is -2.45. The molecule has 0 radical (unpaired) electrons. The quantitative estimate of drug-likeness (QED) is 0.913. The number of rotatable bonds is 3. The maximum Gasteiger partial charge on any atom is 0.141 e. The smallest absolute Gasteiger partial charge is 0.141 e. The van der Waals surface area contributed by atoms with Gasteiger partial charge in [-0.15, -0.1) is 0 Å². The summed E-state index contributed by atoms with van der Waals surface area (Å²) in [6.07, 6.45) is 7.79. The molecule has 0 saturated carbocycles. The third-order valence-corrected chi connectivity index (χ3v) is 4.80. The zero-order valence-electron chi connectivity index (χ0n) is 13.3. The summed E-state index contributed by atoms with van der Waals surface area (Å²) in [5.74, 6) is 0. The van der Waals surface area contributed by atoms with E-state index in [4.69, 9.17) is 0 Å². The first-order chi connectivity index (χ1) is 11.3. The summed E-state index contributed by atoms with van der Waals surface area (Å²) >= 11 is 0. The van der Waals surface area contributed by atoms with Crippen molar-refractivity contribution in [2.75, 3.05) is 31.2 Å². The van der Waals surface area contributed by atoms with Crippen molar-refractivity contribution in [3.63, 3.8) is 0 Å². The summed E-state index contributed by atoms with van der Waals surface area (Å²) in [6.45, 7) is 3.51. The lowest BCUT2D eigenvalue weighted by Gasteiger charge is -2.31. The molecule has 1 saturated heterocycles. The molecule has 23 heavy (non-hydrogen) atoms. The van der Waals surface area contributed by atoms with Crippen molar-refractivity contribution in [3.05, 3.63) is 42.7 Å². The normalized spacial score (nSPS) is 25.2. The molecule has 4 rings (SSSR count). The molecule has 2 N–H and O–H groups in total. The highest BCUT2D eigenvalue weighted by atomic mass is 19.1. The third kappa shape index (κ3) is 2.86. The molecule has 0 aliphatic carbocycles. The van der Waals surface area contributed by atoms with Gasteiger partial charge in [0.1, 0.15) is 5.67 Å². The van der Waals surface area contributed by atoms with Gasteiger partial charge in [0, 0.05) is 30.9 Å². The number of nitrogens with zero attached hydrogens (tertiary/aromatic N) is 2. The van der Waals surface area contributed by atoms with E-state index >= 15 is 4.39 Å². The van der Waals surface area contributed by atoms with E-state index in [1.54, 1.807) is 0 Å². The van der Waals surface area contributed by atoms with Crippen molar-refractivity contribution in [3.8, 4) is 0 Å². The summed E-state index contributed by atoms with van der Waals surface area (Å²) in [6, 6.07) is 8.37. The molecule has 1 aromatic carbocycles. The molecule has 0 spiro atoms. The molecule has 2 aliphatic rings. The molecule has 1 unspecified atom stereocenters. The number of benzene rings is 1. The Morgan fingerprint density at radius 2 is 2.17 bits per heavy atom. The number of hydrogen-bond donors (Lipinski definition) is 2. The second kappa shape index (κ2) is 5.98. The summed E-state index contributed by atoms with van der Waals surface area (Å²) in [5, 5.41) is 7.70. The molecule has 1 atom stereocenters. The number of aromatic nitrogens is 1. The summed E-state index contributed by atoms with van der Waals surface area (Å²) in [7, 11) is 0. The Bertz CT molecular complexity index is 715. The third-order valence-electron chi connectivity index (χ3n) is 4.80. The molecule has 0 bridgehead atoms. The molecule has 0 amide bonds. The first kappa shape index (κ1) is 14.7. The van der Waals surface area contributed by atoms with Crippen molar-refractivity contribution < 1.29 is 4.39 Å². The largest absolute Gasteiger partial charge is 0.344 e. The van der Waals surface area contributed by atoms with Gasteiger partial charge in [0.05, 0.1) is 24.4 Å². The molecule has 2 aliphatic heterocycles. The first-order valence-electron chi connectivity index (χ1n) is 8.37. The SMILES string of the molecule is FC1(Cn2ccc3c(N4C=CCNC4)cccc32)CCCNC1. The van der Waals surface area contributed by atoms with Crippen LogP contribution in [0.4, 0.5) is 10.1 Å². The number of piperidine rings is 1. The van der Waals surface area contributed by atoms with E-state index in [9.17, 15) is 0 Å². The van der Waals surface area contributed by atoms with E-state index in [1.165, 1.54) is 11.1 Å². The van der Waals surface area contributed by atoms with Gasteiger partial charge in [0.2, 0.25) is 0 Å². The zero-order valence-corrected chi connectivity index (χ0v) is 13.3. The van der Waals surface area contributed by atoms with Crippen LogP contribution in [0, 0.1) is 0 Å². The van der Waals surface area contributed by atoms with E-state index < -0.39 is 5.67 Å². The monoisotopic (exact) mass is 314 g/mol. The lowest BCUT2D eigenvalue weighted by atomic mass is 9.96. The highest BCUT2D eigenvalue weighted by Gasteiger charge is 2.32. The van der Waals surface area contributed by atoms with Crippen molar-refractivity contribution >= 4 is 16.6 Å². The predicted octanol–water partition coefficient (Wildman–Crippen LogP) is 2.61. The van der Waals surface area contributed by atoms with Gasteiger partial charge >= 0.3 is 0 Å². The number of hydrogen-bond acceptors (Lipinski definition) is 3. The van der Waals surface area contributed by atoms with Gasteiger partial charge in [0.25, 0.3) is 0 Å².